The van der Waals surface area contributed by atoms with Crippen LogP contribution >= 0.6 is 11.6 Å². The van der Waals surface area contributed by atoms with E-state index in [9.17, 15) is 4.79 Å². The summed E-state index contributed by atoms with van der Waals surface area (Å²) in [6.07, 6.45) is 0.797. The fourth-order valence-corrected chi connectivity index (χ4v) is 6.36. The molecule has 5 nitrogen and oxygen atoms in total. The first-order valence-electron chi connectivity index (χ1n) is 12.5. The van der Waals surface area contributed by atoms with E-state index >= 15 is 0 Å². The summed E-state index contributed by atoms with van der Waals surface area (Å²) >= 11 is 6.20. The molecule has 1 fully saturated rings. The second-order valence-electron chi connectivity index (χ2n) is 10.7. The number of halogens is 1. The number of anilines is 2. The molecule has 3 aliphatic heterocycles. The van der Waals surface area contributed by atoms with Gasteiger partial charge in [-0.05, 0) is 67.8 Å². The molecule has 0 radical (unpaired) electrons. The standard InChI is InChI=1S/C30H30ClN3O2/c1-29(2)19-30(3,20-7-9-21(31)10-8-20)25-6-4-5-24-26(28(35)34(29)27(24)25)32-22-11-13-23(14-12-22)33-15-17-36-18-16-33/h4-14H,15-19H2,1-3H3. The number of aliphatic imine (C=N–C) groups is 1. The number of nitrogens with zero attached hydrogens (tertiary/aromatic N) is 3. The minimum Gasteiger partial charge on any atom is -0.378 e. The zero-order valence-electron chi connectivity index (χ0n) is 20.9. The van der Waals surface area contributed by atoms with Crippen LogP contribution in [0.1, 0.15) is 43.9 Å². The number of para-hydroxylation sites is 1. The molecule has 6 heteroatoms. The maximum absolute atomic E-state index is 13.9. The molecule has 0 saturated carbocycles. The topological polar surface area (TPSA) is 45.1 Å². The number of hydrogen-bond donors (Lipinski definition) is 0. The fourth-order valence-electron chi connectivity index (χ4n) is 6.23. The van der Waals surface area contributed by atoms with E-state index in [4.69, 9.17) is 21.3 Å². The summed E-state index contributed by atoms with van der Waals surface area (Å²) in [6.45, 7) is 9.85. The van der Waals surface area contributed by atoms with Crippen molar-refractivity contribution < 1.29 is 9.53 Å². The van der Waals surface area contributed by atoms with Crippen molar-refractivity contribution in [1.82, 2.24) is 0 Å². The normalized spacial score (nSPS) is 23.8. The SMILES string of the molecule is CC1(c2ccc(Cl)cc2)CC(C)(C)N2C(=O)C(=Nc3ccc(N4CCOCC4)cc3)c3cccc1c32. The molecule has 36 heavy (non-hydrogen) atoms. The first-order valence-corrected chi connectivity index (χ1v) is 12.9. The summed E-state index contributed by atoms with van der Waals surface area (Å²) in [5.41, 5.74) is 6.06. The highest BCUT2D eigenvalue weighted by molar-refractivity contribution is 6.55. The number of rotatable bonds is 3. The quantitative estimate of drug-likeness (QED) is 0.435. The third kappa shape index (κ3) is 3.64. The van der Waals surface area contributed by atoms with Crippen molar-refractivity contribution in [2.24, 2.45) is 4.99 Å². The third-order valence-corrected chi connectivity index (χ3v) is 8.11. The third-order valence-electron chi connectivity index (χ3n) is 7.85. The molecule has 1 atom stereocenters. The Bertz CT molecular complexity index is 1360. The Morgan fingerprint density at radius 2 is 1.61 bits per heavy atom. The lowest BCUT2D eigenvalue weighted by Crippen LogP contribution is -2.54. The van der Waals surface area contributed by atoms with Gasteiger partial charge in [-0.2, -0.15) is 0 Å². The Kier molecular flexibility index (Phi) is 5.47. The van der Waals surface area contributed by atoms with Crippen LogP contribution in [0.5, 0.6) is 0 Å². The Hall–Kier alpha value is -3.15. The Morgan fingerprint density at radius 1 is 0.917 bits per heavy atom. The number of amides is 1. The zero-order chi connectivity index (χ0) is 25.1. The van der Waals surface area contributed by atoms with Crippen molar-refractivity contribution in [1.29, 1.82) is 0 Å². The minimum atomic E-state index is -0.383. The zero-order valence-corrected chi connectivity index (χ0v) is 21.7. The maximum Gasteiger partial charge on any atom is 0.278 e. The second kappa shape index (κ2) is 8.46. The molecular formula is C30H30ClN3O2. The van der Waals surface area contributed by atoms with E-state index in [1.165, 1.54) is 5.56 Å². The fraction of sp³-hybridized carbons (Fsp3) is 0.333. The van der Waals surface area contributed by atoms with Crippen LogP contribution in [0.15, 0.2) is 71.7 Å². The van der Waals surface area contributed by atoms with E-state index in [0.29, 0.717) is 5.71 Å². The lowest BCUT2D eigenvalue weighted by molar-refractivity contribution is -0.113. The summed E-state index contributed by atoms with van der Waals surface area (Å²) in [6, 6.07) is 22.5. The van der Waals surface area contributed by atoms with Crippen molar-refractivity contribution in [2.45, 2.75) is 38.1 Å². The largest absolute Gasteiger partial charge is 0.378 e. The second-order valence-corrected chi connectivity index (χ2v) is 11.2. The van der Waals surface area contributed by atoms with Crippen LogP contribution in [0.2, 0.25) is 5.02 Å². The lowest BCUT2D eigenvalue weighted by atomic mass is 9.65. The van der Waals surface area contributed by atoms with Gasteiger partial charge in [0.05, 0.1) is 24.6 Å². The average molecular weight is 500 g/mol. The van der Waals surface area contributed by atoms with Crippen molar-refractivity contribution in [2.75, 3.05) is 36.1 Å². The predicted octanol–water partition coefficient (Wildman–Crippen LogP) is 6.13. The van der Waals surface area contributed by atoms with Crippen molar-refractivity contribution >= 4 is 40.3 Å². The van der Waals surface area contributed by atoms with E-state index in [0.717, 1.165) is 65.9 Å². The number of hydrogen-bond acceptors (Lipinski definition) is 4. The average Bonchev–Trinajstić information content (AvgIpc) is 3.16. The Labute approximate surface area is 217 Å². The van der Waals surface area contributed by atoms with E-state index in [2.05, 4.69) is 62.1 Å². The molecular weight excluding hydrogens is 470 g/mol. The van der Waals surface area contributed by atoms with Crippen LogP contribution in [-0.4, -0.2) is 43.5 Å². The molecule has 1 amide bonds. The lowest BCUT2D eigenvalue weighted by Gasteiger charge is -2.49. The molecule has 0 aliphatic carbocycles. The van der Waals surface area contributed by atoms with Gasteiger partial charge in [0.15, 0.2) is 0 Å². The molecule has 0 N–H and O–H groups in total. The molecule has 3 aromatic rings. The van der Waals surface area contributed by atoms with E-state index < -0.39 is 0 Å². The highest BCUT2D eigenvalue weighted by Gasteiger charge is 2.53. The molecule has 3 aliphatic rings. The maximum atomic E-state index is 13.9. The first kappa shape index (κ1) is 23.3. The number of benzene rings is 3. The molecule has 0 aromatic heterocycles. The van der Waals surface area contributed by atoms with Crippen molar-refractivity contribution in [3.8, 4) is 0 Å². The van der Waals surface area contributed by atoms with Crippen molar-refractivity contribution in [3.05, 3.63) is 88.4 Å². The van der Waals surface area contributed by atoms with Gasteiger partial charge in [0.25, 0.3) is 5.91 Å². The van der Waals surface area contributed by atoms with Gasteiger partial charge in [-0.1, -0.05) is 48.9 Å². The smallest absolute Gasteiger partial charge is 0.278 e. The monoisotopic (exact) mass is 499 g/mol. The molecule has 0 bridgehead atoms. The van der Waals surface area contributed by atoms with Crippen LogP contribution in [0.3, 0.4) is 0 Å². The molecule has 3 heterocycles. The summed E-state index contributed by atoms with van der Waals surface area (Å²) in [7, 11) is 0. The number of ether oxygens (including phenoxy) is 1. The van der Waals surface area contributed by atoms with Crippen LogP contribution < -0.4 is 9.80 Å². The summed E-state index contributed by atoms with van der Waals surface area (Å²) in [4.78, 5) is 23.0. The van der Waals surface area contributed by atoms with Crippen LogP contribution in [-0.2, 0) is 14.9 Å². The number of carbonyl (C=O) groups is 1. The van der Waals surface area contributed by atoms with Gasteiger partial charge in [-0.15, -0.1) is 0 Å². The van der Waals surface area contributed by atoms with Gasteiger partial charge in [-0.25, -0.2) is 4.99 Å². The molecule has 6 rings (SSSR count). The van der Waals surface area contributed by atoms with Gasteiger partial charge in [0.2, 0.25) is 0 Å². The molecule has 3 aromatic carbocycles. The molecule has 1 unspecified atom stereocenters. The number of morpholine rings is 1. The van der Waals surface area contributed by atoms with Crippen molar-refractivity contribution in [3.63, 3.8) is 0 Å². The van der Waals surface area contributed by atoms with Crippen LogP contribution in [0.4, 0.5) is 17.1 Å². The van der Waals surface area contributed by atoms with Gasteiger partial charge < -0.3 is 14.5 Å². The minimum absolute atomic E-state index is 0.0298. The molecule has 0 spiro atoms. The summed E-state index contributed by atoms with van der Waals surface area (Å²) in [5.74, 6) is -0.0298. The molecule has 1 saturated heterocycles. The van der Waals surface area contributed by atoms with Gasteiger partial charge in [0, 0.05) is 40.3 Å². The highest BCUT2D eigenvalue weighted by Crippen LogP contribution is 2.54. The highest BCUT2D eigenvalue weighted by atomic mass is 35.5. The Balaban J connectivity index is 1.43. The summed E-state index contributed by atoms with van der Waals surface area (Å²) < 4.78 is 5.47. The molecule has 184 valence electrons. The first-order chi connectivity index (χ1) is 17.3. The predicted molar refractivity (Wildman–Crippen MR) is 146 cm³/mol. The van der Waals surface area contributed by atoms with Crippen LogP contribution in [0.25, 0.3) is 0 Å². The number of carbonyl (C=O) groups excluding carboxylic acids is 1. The van der Waals surface area contributed by atoms with Gasteiger partial charge in [0.1, 0.15) is 5.71 Å². The van der Waals surface area contributed by atoms with Gasteiger partial charge >= 0.3 is 0 Å². The summed E-state index contributed by atoms with van der Waals surface area (Å²) in [5, 5.41) is 0.724. The van der Waals surface area contributed by atoms with E-state index in [1.807, 2.05) is 35.2 Å². The van der Waals surface area contributed by atoms with Gasteiger partial charge in [-0.3, -0.25) is 4.79 Å². The van der Waals surface area contributed by atoms with Crippen LogP contribution in [0, 0.1) is 0 Å². The van der Waals surface area contributed by atoms with E-state index in [1.54, 1.807) is 0 Å². The Morgan fingerprint density at radius 3 is 2.31 bits per heavy atom. The van der Waals surface area contributed by atoms with E-state index in [-0.39, 0.29) is 16.9 Å².